The third kappa shape index (κ3) is 10.9. The second-order valence-electron chi connectivity index (χ2n) is 17.9. The molecule has 0 aliphatic carbocycles. The average molecular weight is 893 g/mol. The Morgan fingerprint density at radius 2 is 0.912 bits per heavy atom. The van der Waals surface area contributed by atoms with E-state index in [1.165, 1.54) is 55.5 Å². The van der Waals surface area contributed by atoms with Gasteiger partial charge >= 0.3 is 0 Å². The van der Waals surface area contributed by atoms with E-state index in [1.54, 1.807) is 7.11 Å². The van der Waals surface area contributed by atoms with Crippen LogP contribution < -0.4 is 15.4 Å². The summed E-state index contributed by atoms with van der Waals surface area (Å²) >= 11 is 0. The normalized spacial score (nSPS) is 12.0. The van der Waals surface area contributed by atoms with E-state index in [9.17, 15) is 0 Å². The Balaban J connectivity index is 0.000000184. The number of fused-ring (bicyclic) bond motifs is 1. The van der Waals surface area contributed by atoms with E-state index >= 15 is 0 Å². The molecule has 0 bridgehead atoms. The standard InChI is InChI=1S/C32H30N2.C31H34N2O/c1-3-23-16-10-17-24(4-2)31(23)34-32(26-14-6-5-7-15-26)30-22-12-21-29(33-30)28-20-11-18-25-13-8-9-19-27(25)28;1-21(2)26-13-9-14-27(22(3)4)31(26)33-30(24-11-7-6-8-12-24)29-16-10-15-28(32-29)23-17-19-25(34-5)20-18-23/h5-22,32,34H,3-4H2,1-2H3;6-22,30,33H,1-5H3. The molecule has 2 unspecified atom stereocenters. The number of hydrogen-bond donors (Lipinski definition) is 2. The second-order valence-corrected chi connectivity index (χ2v) is 17.9. The molecule has 2 aromatic heterocycles. The summed E-state index contributed by atoms with van der Waals surface area (Å²) in [5.41, 5.74) is 16.4. The summed E-state index contributed by atoms with van der Waals surface area (Å²) in [5, 5.41) is 10.3. The largest absolute Gasteiger partial charge is 0.497 e. The van der Waals surface area contributed by atoms with Crippen molar-refractivity contribution in [3.05, 3.63) is 245 Å². The highest BCUT2D eigenvalue weighted by atomic mass is 16.5. The van der Waals surface area contributed by atoms with Crippen LogP contribution in [0.15, 0.2) is 200 Å². The van der Waals surface area contributed by atoms with Gasteiger partial charge in [-0.3, -0.25) is 9.97 Å². The number of methoxy groups -OCH3 is 1. The molecule has 0 saturated heterocycles. The quantitative estimate of drug-likeness (QED) is 0.107. The van der Waals surface area contributed by atoms with Gasteiger partial charge in [0.05, 0.1) is 42.0 Å². The molecule has 5 heteroatoms. The molecule has 0 spiro atoms. The van der Waals surface area contributed by atoms with Crippen LogP contribution in [-0.4, -0.2) is 17.1 Å². The second kappa shape index (κ2) is 22.3. The van der Waals surface area contributed by atoms with Gasteiger partial charge in [-0.2, -0.15) is 0 Å². The molecular formula is C63H64N4O. The number of pyridine rings is 2. The molecule has 0 saturated carbocycles. The highest BCUT2D eigenvalue weighted by molar-refractivity contribution is 5.95. The first kappa shape index (κ1) is 47.0. The summed E-state index contributed by atoms with van der Waals surface area (Å²) in [7, 11) is 1.68. The monoisotopic (exact) mass is 893 g/mol. The molecule has 9 rings (SSSR count). The lowest BCUT2D eigenvalue weighted by molar-refractivity contribution is 0.415. The van der Waals surface area contributed by atoms with Gasteiger partial charge < -0.3 is 15.4 Å². The molecule has 0 aliphatic heterocycles. The van der Waals surface area contributed by atoms with Crippen molar-refractivity contribution >= 4 is 22.1 Å². The number of nitrogens with one attached hydrogen (secondary N) is 2. The molecule has 9 aromatic rings. The first-order chi connectivity index (χ1) is 33.3. The number of para-hydroxylation sites is 2. The van der Waals surface area contributed by atoms with Crippen LogP contribution in [0, 0.1) is 0 Å². The van der Waals surface area contributed by atoms with Gasteiger partial charge in [0.1, 0.15) is 5.75 Å². The molecule has 342 valence electrons. The molecule has 68 heavy (non-hydrogen) atoms. The Labute approximate surface area is 404 Å². The van der Waals surface area contributed by atoms with Crippen molar-refractivity contribution in [3.63, 3.8) is 0 Å². The summed E-state index contributed by atoms with van der Waals surface area (Å²) in [4.78, 5) is 10.3. The number of aromatic nitrogens is 2. The van der Waals surface area contributed by atoms with Gasteiger partial charge in [-0.1, -0.05) is 193 Å². The molecule has 0 fully saturated rings. The van der Waals surface area contributed by atoms with Crippen molar-refractivity contribution in [1.29, 1.82) is 0 Å². The first-order valence-corrected chi connectivity index (χ1v) is 24.2. The smallest absolute Gasteiger partial charge is 0.118 e. The zero-order valence-corrected chi connectivity index (χ0v) is 40.6. The van der Waals surface area contributed by atoms with Crippen LogP contribution in [0.1, 0.15) is 110 Å². The molecule has 7 aromatic carbocycles. The third-order valence-electron chi connectivity index (χ3n) is 12.8. The van der Waals surface area contributed by atoms with E-state index in [0.29, 0.717) is 11.8 Å². The summed E-state index contributed by atoms with van der Waals surface area (Å²) in [6.07, 6.45) is 1.97. The Bertz CT molecular complexity index is 2980. The Hall–Kier alpha value is -7.50. The molecule has 2 heterocycles. The Kier molecular flexibility index (Phi) is 15.4. The number of nitrogens with zero attached hydrogens (tertiary/aromatic N) is 2. The van der Waals surface area contributed by atoms with E-state index in [4.69, 9.17) is 14.7 Å². The fourth-order valence-corrected chi connectivity index (χ4v) is 9.13. The van der Waals surface area contributed by atoms with Crippen LogP contribution in [0.25, 0.3) is 33.3 Å². The third-order valence-corrected chi connectivity index (χ3v) is 12.8. The van der Waals surface area contributed by atoms with Crippen molar-refractivity contribution in [2.75, 3.05) is 17.7 Å². The lowest BCUT2D eigenvalue weighted by Crippen LogP contribution is -2.17. The fourth-order valence-electron chi connectivity index (χ4n) is 9.13. The van der Waals surface area contributed by atoms with Crippen molar-refractivity contribution in [3.8, 4) is 28.3 Å². The van der Waals surface area contributed by atoms with Crippen LogP contribution in [0.3, 0.4) is 0 Å². The van der Waals surface area contributed by atoms with Crippen molar-refractivity contribution in [1.82, 2.24) is 9.97 Å². The average Bonchev–Trinajstić information content (AvgIpc) is 3.39. The molecule has 2 atom stereocenters. The number of rotatable bonds is 15. The maximum absolute atomic E-state index is 5.32. The Morgan fingerprint density at radius 3 is 1.47 bits per heavy atom. The van der Waals surface area contributed by atoms with E-state index < -0.39 is 0 Å². The maximum Gasteiger partial charge on any atom is 0.118 e. The molecular weight excluding hydrogens is 829 g/mol. The van der Waals surface area contributed by atoms with Crippen LogP contribution in [0.5, 0.6) is 5.75 Å². The predicted molar refractivity (Wildman–Crippen MR) is 287 cm³/mol. The van der Waals surface area contributed by atoms with Gasteiger partial charge in [-0.25, -0.2) is 0 Å². The van der Waals surface area contributed by atoms with Crippen molar-refractivity contribution in [2.45, 2.75) is 78.3 Å². The highest BCUT2D eigenvalue weighted by Gasteiger charge is 2.23. The summed E-state index contributed by atoms with van der Waals surface area (Å²) in [5.74, 6) is 1.67. The number of ether oxygens (including phenoxy) is 1. The highest BCUT2D eigenvalue weighted by Crippen LogP contribution is 2.38. The minimum absolute atomic E-state index is 0.0471. The van der Waals surface area contributed by atoms with E-state index in [2.05, 4.69) is 240 Å². The minimum atomic E-state index is -0.0724. The lowest BCUT2D eigenvalue weighted by atomic mass is 9.91. The van der Waals surface area contributed by atoms with Gasteiger partial charge in [0, 0.05) is 22.5 Å². The zero-order valence-electron chi connectivity index (χ0n) is 40.6. The van der Waals surface area contributed by atoms with Gasteiger partial charge in [0.15, 0.2) is 0 Å². The van der Waals surface area contributed by atoms with Crippen molar-refractivity contribution < 1.29 is 4.74 Å². The molecule has 0 aliphatic rings. The molecule has 5 nitrogen and oxygen atoms in total. The van der Waals surface area contributed by atoms with E-state index in [1.807, 2.05) is 12.1 Å². The Morgan fingerprint density at radius 1 is 0.441 bits per heavy atom. The van der Waals surface area contributed by atoms with Crippen LogP contribution in [0.4, 0.5) is 11.4 Å². The van der Waals surface area contributed by atoms with Crippen LogP contribution in [-0.2, 0) is 12.8 Å². The number of hydrogen-bond acceptors (Lipinski definition) is 5. The summed E-state index contributed by atoms with van der Waals surface area (Å²) in [6.45, 7) is 13.5. The number of benzene rings is 7. The first-order valence-electron chi connectivity index (χ1n) is 24.2. The van der Waals surface area contributed by atoms with Crippen molar-refractivity contribution in [2.24, 2.45) is 0 Å². The van der Waals surface area contributed by atoms with Gasteiger partial charge in [0.2, 0.25) is 0 Å². The lowest BCUT2D eigenvalue weighted by Gasteiger charge is -2.27. The zero-order chi connectivity index (χ0) is 47.4. The van der Waals surface area contributed by atoms with Gasteiger partial charge in [0.25, 0.3) is 0 Å². The number of aryl methyl sites for hydroxylation is 2. The number of anilines is 2. The van der Waals surface area contributed by atoms with Crippen LogP contribution >= 0.6 is 0 Å². The SMILES string of the molecule is CCc1cccc(CC)c1NC(c1ccccc1)c1cccc(-c2cccc3ccccc23)n1.COc1ccc(-c2cccc(C(Nc3c(C(C)C)cccc3C(C)C)c3ccccc3)n2)cc1. The fraction of sp³-hybridized carbons (Fsp3) is 0.206. The van der Waals surface area contributed by atoms with Gasteiger partial charge in [-0.15, -0.1) is 0 Å². The topological polar surface area (TPSA) is 59.1 Å². The van der Waals surface area contributed by atoms with E-state index in [-0.39, 0.29) is 12.1 Å². The minimum Gasteiger partial charge on any atom is -0.497 e. The van der Waals surface area contributed by atoms with E-state index in [0.717, 1.165) is 52.5 Å². The summed E-state index contributed by atoms with van der Waals surface area (Å²) < 4.78 is 5.32. The predicted octanol–water partition coefficient (Wildman–Crippen LogP) is 16.4. The molecule has 0 radical (unpaired) electrons. The molecule has 2 N–H and O–H groups in total. The van der Waals surface area contributed by atoms with Crippen LogP contribution in [0.2, 0.25) is 0 Å². The maximum atomic E-state index is 5.32. The van der Waals surface area contributed by atoms with Gasteiger partial charge in [-0.05, 0) is 117 Å². The summed E-state index contributed by atoms with van der Waals surface area (Å²) in [6, 6.07) is 70.1. The molecule has 0 amide bonds.